The maximum atomic E-state index is 6.19. The van der Waals surface area contributed by atoms with Crippen molar-refractivity contribution in [2.45, 2.75) is 0 Å². The van der Waals surface area contributed by atoms with Crippen LogP contribution in [0, 0.1) is 0 Å². The Morgan fingerprint density at radius 3 is 2.30 bits per heavy atom. The van der Waals surface area contributed by atoms with Gasteiger partial charge >= 0.3 is 0 Å². The largest absolute Gasteiger partial charge is 0.438 e. The van der Waals surface area contributed by atoms with E-state index in [1.165, 1.54) is 16.3 Å². The van der Waals surface area contributed by atoms with Gasteiger partial charge < -0.3 is 4.74 Å². The second-order valence-corrected chi connectivity index (χ2v) is 6.49. The molecular weight excluding hydrogens is 330 g/mol. The zero-order valence-electron chi connectivity index (χ0n) is 14.7. The van der Waals surface area contributed by atoms with E-state index in [9.17, 15) is 0 Å². The summed E-state index contributed by atoms with van der Waals surface area (Å²) in [7, 11) is 0. The van der Waals surface area contributed by atoms with Crippen LogP contribution in [0.15, 0.2) is 103 Å². The van der Waals surface area contributed by atoms with Gasteiger partial charge in [-0.15, -0.1) is 0 Å². The molecule has 0 spiro atoms. The van der Waals surface area contributed by atoms with Gasteiger partial charge in [0.25, 0.3) is 0 Å². The molecule has 0 aliphatic carbocycles. The number of hydrogen-bond acceptors (Lipinski definition) is 2. The van der Waals surface area contributed by atoms with Gasteiger partial charge in [0.15, 0.2) is 0 Å². The lowest BCUT2D eigenvalue weighted by Crippen LogP contribution is -1.90. The predicted molar refractivity (Wildman–Crippen MR) is 111 cm³/mol. The molecule has 5 aromatic rings. The van der Waals surface area contributed by atoms with Crippen LogP contribution in [0.3, 0.4) is 0 Å². The average molecular weight is 347 g/mol. The molecule has 5 rings (SSSR count). The molecule has 0 atom stereocenters. The quantitative estimate of drug-likeness (QED) is 0.333. The van der Waals surface area contributed by atoms with Crippen molar-refractivity contribution in [2.24, 2.45) is 0 Å². The van der Waals surface area contributed by atoms with Crippen LogP contribution >= 0.6 is 0 Å². The summed E-state index contributed by atoms with van der Waals surface area (Å²) in [6.07, 6.45) is 1.81. The van der Waals surface area contributed by atoms with Gasteiger partial charge in [-0.1, -0.05) is 72.8 Å². The zero-order valence-corrected chi connectivity index (χ0v) is 14.7. The van der Waals surface area contributed by atoms with E-state index in [1.54, 1.807) is 0 Å². The standard InChI is InChI=1S/C25H17NO/c1-2-7-18(8-3-1)20-10-6-11-21(17-20)27-25-24-14-13-19-9-4-5-12-22(19)23(24)15-16-26-25/h1-17H. The van der Waals surface area contributed by atoms with Crippen molar-refractivity contribution in [1.29, 1.82) is 0 Å². The Labute approximate surface area is 157 Å². The fraction of sp³-hybridized carbons (Fsp3) is 0. The molecule has 0 bridgehead atoms. The Bertz CT molecular complexity index is 1250. The third-order valence-corrected chi connectivity index (χ3v) is 4.79. The molecule has 0 aliphatic heterocycles. The maximum Gasteiger partial charge on any atom is 0.227 e. The number of ether oxygens (including phenoxy) is 1. The van der Waals surface area contributed by atoms with E-state index < -0.39 is 0 Å². The molecule has 1 heterocycles. The molecule has 0 saturated carbocycles. The Hall–Kier alpha value is -3.65. The maximum absolute atomic E-state index is 6.19. The van der Waals surface area contributed by atoms with E-state index in [0.29, 0.717) is 5.88 Å². The van der Waals surface area contributed by atoms with Crippen molar-refractivity contribution in [2.75, 3.05) is 0 Å². The first kappa shape index (κ1) is 15.6. The number of rotatable bonds is 3. The number of pyridine rings is 1. The smallest absolute Gasteiger partial charge is 0.227 e. The van der Waals surface area contributed by atoms with Crippen molar-refractivity contribution in [3.63, 3.8) is 0 Å². The molecule has 2 heteroatoms. The summed E-state index contributed by atoms with van der Waals surface area (Å²) in [6, 6.07) is 33.1. The molecule has 0 fully saturated rings. The van der Waals surface area contributed by atoms with Crippen LogP contribution in [0.25, 0.3) is 32.7 Å². The van der Waals surface area contributed by atoms with Gasteiger partial charge in [-0.2, -0.15) is 0 Å². The molecule has 0 unspecified atom stereocenters. The summed E-state index contributed by atoms with van der Waals surface area (Å²) in [5.41, 5.74) is 2.29. The zero-order chi connectivity index (χ0) is 18.1. The van der Waals surface area contributed by atoms with E-state index in [-0.39, 0.29) is 0 Å². The highest BCUT2D eigenvalue weighted by Gasteiger charge is 2.08. The van der Waals surface area contributed by atoms with E-state index >= 15 is 0 Å². The third kappa shape index (κ3) is 2.91. The molecule has 0 radical (unpaired) electrons. The van der Waals surface area contributed by atoms with Gasteiger partial charge in [0.2, 0.25) is 5.88 Å². The lowest BCUT2D eigenvalue weighted by Gasteiger charge is -2.11. The van der Waals surface area contributed by atoms with Crippen molar-refractivity contribution in [3.05, 3.63) is 103 Å². The predicted octanol–water partition coefficient (Wildman–Crippen LogP) is 6.85. The van der Waals surface area contributed by atoms with Crippen LogP contribution in [0.4, 0.5) is 0 Å². The number of fused-ring (bicyclic) bond motifs is 3. The Balaban J connectivity index is 1.58. The van der Waals surface area contributed by atoms with Crippen molar-refractivity contribution in [1.82, 2.24) is 4.98 Å². The van der Waals surface area contributed by atoms with Crippen LogP contribution in [-0.2, 0) is 0 Å². The SMILES string of the molecule is c1ccc(-c2cccc(Oc3nccc4c3ccc3ccccc34)c2)cc1. The van der Waals surface area contributed by atoms with Gasteiger partial charge in [0.1, 0.15) is 5.75 Å². The topological polar surface area (TPSA) is 22.1 Å². The summed E-state index contributed by atoms with van der Waals surface area (Å²) < 4.78 is 6.19. The number of nitrogens with zero attached hydrogens (tertiary/aromatic N) is 1. The Morgan fingerprint density at radius 1 is 0.556 bits per heavy atom. The lowest BCUT2D eigenvalue weighted by atomic mass is 10.0. The third-order valence-electron chi connectivity index (χ3n) is 4.79. The first-order valence-corrected chi connectivity index (χ1v) is 8.98. The normalized spacial score (nSPS) is 11.0. The fourth-order valence-electron chi connectivity index (χ4n) is 3.47. The molecule has 0 N–H and O–H groups in total. The van der Waals surface area contributed by atoms with E-state index in [1.807, 2.05) is 42.6 Å². The molecule has 2 nitrogen and oxygen atoms in total. The van der Waals surface area contributed by atoms with Crippen molar-refractivity contribution >= 4 is 21.5 Å². The van der Waals surface area contributed by atoms with Crippen LogP contribution in [-0.4, -0.2) is 4.98 Å². The van der Waals surface area contributed by atoms with Crippen LogP contribution < -0.4 is 4.74 Å². The molecular formula is C25H17NO. The summed E-state index contributed by atoms with van der Waals surface area (Å²) in [4.78, 5) is 4.49. The van der Waals surface area contributed by atoms with E-state index in [2.05, 4.69) is 65.6 Å². The highest BCUT2D eigenvalue weighted by molar-refractivity contribution is 6.08. The minimum Gasteiger partial charge on any atom is -0.438 e. The minimum absolute atomic E-state index is 0.628. The summed E-state index contributed by atoms with van der Waals surface area (Å²) in [5.74, 6) is 1.41. The molecule has 0 aliphatic rings. The van der Waals surface area contributed by atoms with Gasteiger partial charge in [0.05, 0.1) is 0 Å². The molecule has 0 amide bonds. The molecule has 27 heavy (non-hydrogen) atoms. The number of hydrogen-bond donors (Lipinski definition) is 0. The summed E-state index contributed by atoms with van der Waals surface area (Å²) in [6.45, 7) is 0. The van der Waals surface area contributed by atoms with Crippen LogP contribution in [0.1, 0.15) is 0 Å². The lowest BCUT2D eigenvalue weighted by molar-refractivity contribution is 0.469. The highest BCUT2D eigenvalue weighted by Crippen LogP contribution is 2.33. The van der Waals surface area contributed by atoms with Crippen LogP contribution in [0.2, 0.25) is 0 Å². The number of benzene rings is 4. The first-order chi connectivity index (χ1) is 13.4. The number of aromatic nitrogens is 1. The second kappa shape index (κ2) is 6.58. The van der Waals surface area contributed by atoms with Gasteiger partial charge in [-0.05, 0) is 51.6 Å². The molecule has 1 aromatic heterocycles. The first-order valence-electron chi connectivity index (χ1n) is 8.98. The van der Waals surface area contributed by atoms with Crippen molar-refractivity contribution in [3.8, 4) is 22.8 Å². The Morgan fingerprint density at radius 2 is 1.37 bits per heavy atom. The van der Waals surface area contributed by atoms with E-state index in [0.717, 1.165) is 22.1 Å². The van der Waals surface area contributed by atoms with Gasteiger partial charge in [-0.25, -0.2) is 4.98 Å². The van der Waals surface area contributed by atoms with E-state index in [4.69, 9.17) is 4.74 Å². The average Bonchev–Trinajstić information content (AvgIpc) is 2.75. The molecule has 4 aromatic carbocycles. The van der Waals surface area contributed by atoms with Gasteiger partial charge in [-0.3, -0.25) is 0 Å². The van der Waals surface area contributed by atoms with Crippen LogP contribution in [0.5, 0.6) is 11.6 Å². The minimum atomic E-state index is 0.628. The molecule has 0 saturated heterocycles. The van der Waals surface area contributed by atoms with Crippen molar-refractivity contribution < 1.29 is 4.74 Å². The highest BCUT2D eigenvalue weighted by atomic mass is 16.5. The van der Waals surface area contributed by atoms with Gasteiger partial charge in [0, 0.05) is 11.6 Å². The fourth-order valence-corrected chi connectivity index (χ4v) is 3.47. The summed E-state index contributed by atoms with van der Waals surface area (Å²) >= 11 is 0. The summed E-state index contributed by atoms with van der Waals surface area (Å²) in [5, 5.41) is 4.59. The monoisotopic (exact) mass is 347 g/mol. The Kier molecular flexibility index (Phi) is 3.80. The molecule has 128 valence electrons. The second-order valence-electron chi connectivity index (χ2n) is 6.49.